The van der Waals surface area contributed by atoms with Crippen molar-refractivity contribution in [2.75, 3.05) is 19.6 Å². The molecule has 4 nitrogen and oxygen atoms in total. The third-order valence-corrected chi connectivity index (χ3v) is 6.94. The van der Waals surface area contributed by atoms with Crippen LogP contribution in [0.2, 0.25) is 0 Å². The molecule has 1 saturated heterocycles. The molecule has 1 aliphatic rings. The van der Waals surface area contributed by atoms with Gasteiger partial charge in [-0.2, -0.15) is 0 Å². The standard InChI is InChI=1S/C20H23N3OS2/c1-2-22-10-5-7-16(22)13-23(14-19-21-9-11-25-19)20(24)18-12-15-6-3-4-8-17(15)26-18/h3-4,6,8-9,11-12,16H,2,5,7,10,13-14H2,1H3/t16-/m1/s1. The Balaban J connectivity index is 1.59. The fourth-order valence-corrected chi connectivity index (χ4v) is 5.39. The molecule has 4 rings (SSSR count). The number of amides is 1. The van der Waals surface area contributed by atoms with Gasteiger partial charge in [-0.15, -0.1) is 22.7 Å². The number of thiophene rings is 1. The molecule has 1 aliphatic heterocycles. The summed E-state index contributed by atoms with van der Waals surface area (Å²) in [5, 5.41) is 4.12. The molecule has 136 valence electrons. The maximum Gasteiger partial charge on any atom is 0.264 e. The van der Waals surface area contributed by atoms with Gasteiger partial charge in [-0.25, -0.2) is 4.98 Å². The molecular weight excluding hydrogens is 362 g/mol. The molecule has 1 fully saturated rings. The summed E-state index contributed by atoms with van der Waals surface area (Å²) in [5.41, 5.74) is 0. The summed E-state index contributed by atoms with van der Waals surface area (Å²) < 4.78 is 1.17. The first-order valence-corrected chi connectivity index (χ1v) is 10.8. The van der Waals surface area contributed by atoms with Gasteiger partial charge in [0.05, 0.1) is 11.4 Å². The highest BCUT2D eigenvalue weighted by Gasteiger charge is 2.28. The molecule has 6 heteroatoms. The molecule has 0 radical (unpaired) electrons. The predicted molar refractivity (Wildman–Crippen MR) is 109 cm³/mol. The molecule has 0 saturated carbocycles. The summed E-state index contributed by atoms with van der Waals surface area (Å²) in [5.74, 6) is 0.129. The highest BCUT2D eigenvalue weighted by atomic mass is 32.1. The van der Waals surface area contributed by atoms with E-state index < -0.39 is 0 Å². The average molecular weight is 386 g/mol. The third-order valence-electron chi connectivity index (χ3n) is 5.07. The molecule has 1 amide bonds. The van der Waals surface area contributed by atoms with Crippen LogP contribution in [-0.4, -0.2) is 46.4 Å². The lowest BCUT2D eigenvalue weighted by Gasteiger charge is -2.29. The summed E-state index contributed by atoms with van der Waals surface area (Å²) in [6, 6.07) is 10.7. The smallest absolute Gasteiger partial charge is 0.264 e. The lowest BCUT2D eigenvalue weighted by Crippen LogP contribution is -2.42. The van der Waals surface area contributed by atoms with E-state index in [4.69, 9.17) is 0 Å². The Kier molecular flexibility index (Phi) is 5.33. The van der Waals surface area contributed by atoms with Gasteiger partial charge in [-0.3, -0.25) is 9.69 Å². The van der Waals surface area contributed by atoms with Crippen LogP contribution in [0.25, 0.3) is 10.1 Å². The van der Waals surface area contributed by atoms with E-state index in [9.17, 15) is 4.79 Å². The quantitative estimate of drug-likeness (QED) is 0.627. The van der Waals surface area contributed by atoms with Crippen LogP contribution in [0.3, 0.4) is 0 Å². The fourth-order valence-electron chi connectivity index (χ4n) is 3.73. The maximum atomic E-state index is 13.3. The first-order chi connectivity index (χ1) is 12.7. The second-order valence-corrected chi connectivity index (χ2v) is 8.75. The lowest BCUT2D eigenvalue weighted by molar-refractivity contribution is 0.0697. The number of likely N-dealkylation sites (N-methyl/N-ethyl adjacent to an activating group) is 1. The van der Waals surface area contributed by atoms with E-state index in [0.29, 0.717) is 12.6 Å². The van der Waals surface area contributed by atoms with Crippen molar-refractivity contribution < 1.29 is 4.79 Å². The minimum absolute atomic E-state index is 0.129. The zero-order chi connectivity index (χ0) is 17.9. The highest BCUT2D eigenvalue weighted by molar-refractivity contribution is 7.20. The van der Waals surface area contributed by atoms with Crippen molar-refractivity contribution in [1.29, 1.82) is 0 Å². The average Bonchev–Trinajstić information content (AvgIpc) is 3.40. The van der Waals surface area contributed by atoms with Gasteiger partial charge in [-0.1, -0.05) is 25.1 Å². The largest absolute Gasteiger partial charge is 0.330 e. The maximum absolute atomic E-state index is 13.3. The number of likely N-dealkylation sites (tertiary alicyclic amines) is 1. The van der Waals surface area contributed by atoms with E-state index in [1.165, 1.54) is 17.5 Å². The second-order valence-electron chi connectivity index (χ2n) is 6.68. The van der Waals surface area contributed by atoms with Crippen molar-refractivity contribution in [3.8, 4) is 0 Å². The number of thiazole rings is 1. The topological polar surface area (TPSA) is 36.4 Å². The first-order valence-electron chi connectivity index (χ1n) is 9.15. The van der Waals surface area contributed by atoms with Crippen LogP contribution in [0.5, 0.6) is 0 Å². The summed E-state index contributed by atoms with van der Waals surface area (Å²) in [7, 11) is 0. The van der Waals surface area contributed by atoms with Gasteiger partial charge in [0.25, 0.3) is 5.91 Å². The van der Waals surface area contributed by atoms with Crippen molar-refractivity contribution in [3.05, 3.63) is 51.8 Å². The number of carbonyl (C=O) groups is 1. The molecule has 26 heavy (non-hydrogen) atoms. The number of benzene rings is 1. The summed E-state index contributed by atoms with van der Waals surface area (Å²) in [6.07, 6.45) is 4.21. The van der Waals surface area contributed by atoms with Crippen LogP contribution in [-0.2, 0) is 6.54 Å². The zero-order valence-electron chi connectivity index (χ0n) is 14.9. The van der Waals surface area contributed by atoms with E-state index in [1.54, 1.807) is 22.7 Å². The van der Waals surface area contributed by atoms with Gasteiger partial charge >= 0.3 is 0 Å². The number of hydrogen-bond donors (Lipinski definition) is 0. The zero-order valence-corrected chi connectivity index (χ0v) is 16.6. The predicted octanol–water partition coefficient (Wildman–Crippen LogP) is 4.48. The van der Waals surface area contributed by atoms with Gasteiger partial charge in [0.15, 0.2) is 0 Å². The molecule has 1 atom stereocenters. The van der Waals surface area contributed by atoms with Crippen molar-refractivity contribution in [1.82, 2.24) is 14.8 Å². The third kappa shape index (κ3) is 3.68. The molecule has 0 N–H and O–H groups in total. The number of rotatable bonds is 6. The van der Waals surface area contributed by atoms with Crippen LogP contribution in [0.4, 0.5) is 0 Å². The molecule has 0 unspecified atom stereocenters. The van der Waals surface area contributed by atoms with Crippen LogP contribution in [0.1, 0.15) is 34.4 Å². The number of hydrogen-bond acceptors (Lipinski definition) is 5. The Morgan fingerprint density at radius 1 is 1.38 bits per heavy atom. The van der Waals surface area contributed by atoms with E-state index >= 15 is 0 Å². The number of nitrogens with zero attached hydrogens (tertiary/aromatic N) is 3. The van der Waals surface area contributed by atoms with Gasteiger partial charge in [0, 0.05) is 28.9 Å². The van der Waals surface area contributed by atoms with Gasteiger partial charge < -0.3 is 4.90 Å². The molecule has 0 bridgehead atoms. The number of fused-ring (bicyclic) bond motifs is 1. The van der Waals surface area contributed by atoms with Crippen molar-refractivity contribution >= 4 is 38.7 Å². The molecular formula is C20H23N3OS2. The van der Waals surface area contributed by atoms with E-state index in [-0.39, 0.29) is 5.91 Å². The first kappa shape index (κ1) is 17.6. The Bertz CT molecular complexity index is 841. The molecule has 3 aromatic rings. The molecule has 2 aromatic heterocycles. The number of carbonyl (C=O) groups excluding carboxylic acids is 1. The molecule has 0 spiro atoms. The highest BCUT2D eigenvalue weighted by Crippen LogP contribution is 2.28. The van der Waals surface area contributed by atoms with E-state index in [0.717, 1.165) is 34.9 Å². The molecule has 0 aliphatic carbocycles. The monoisotopic (exact) mass is 385 g/mol. The summed E-state index contributed by atoms with van der Waals surface area (Å²) in [6.45, 7) is 5.77. The van der Waals surface area contributed by atoms with Gasteiger partial charge in [0.2, 0.25) is 0 Å². The van der Waals surface area contributed by atoms with Gasteiger partial charge in [0.1, 0.15) is 5.01 Å². The normalized spacial score (nSPS) is 17.8. The Hall–Kier alpha value is -1.76. The van der Waals surface area contributed by atoms with E-state index in [2.05, 4.69) is 28.9 Å². The minimum Gasteiger partial charge on any atom is -0.330 e. The number of aromatic nitrogens is 1. The Morgan fingerprint density at radius 2 is 2.27 bits per heavy atom. The Labute approximate surface area is 162 Å². The van der Waals surface area contributed by atoms with Crippen molar-refractivity contribution in [2.24, 2.45) is 0 Å². The lowest BCUT2D eigenvalue weighted by atomic mass is 10.2. The van der Waals surface area contributed by atoms with Gasteiger partial charge in [-0.05, 0) is 43.5 Å². The van der Waals surface area contributed by atoms with Crippen molar-refractivity contribution in [3.63, 3.8) is 0 Å². The van der Waals surface area contributed by atoms with E-state index in [1.807, 2.05) is 34.7 Å². The second kappa shape index (κ2) is 7.86. The SMILES string of the molecule is CCN1CCC[C@@H]1CN(Cc1nccs1)C(=O)c1cc2ccccc2s1. The molecule has 1 aromatic carbocycles. The Morgan fingerprint density at radius 3 is 3.04 bits per heavy atom. The fraction of sp³-hybridized carbons (Fsp3) is 0.400. The molecule has 3 heterocycles. The van der Waals surface area contributed by atoms with Crippen molar-refractivity contribution in [2.45, 2.75) is 32.4 Å². The van der Waals surface area contributed by atoms with Crippen LogP contribution in [0.15, 0.2) is 41.9 Å². The minimum atomic E-state index is 0.129. The summed E-state index contributed by atoms with van der Waals surface area (Å²) >= 11 is 3.21. The van der Waals surface area contributed by atoms with Crippen LogP contribution >= 0.6 is 22.7 Å². The summed E-state index contributed by atoms with van der Waals surface area (Å²) in [4.78, 5) is 23.0. The van der Waals surface area contributed by atoms with Crippen LogP contribution in [0, 0.1) is 0 Å². The van der Waals surface area contributed by atoms with Crippen LogP contribution < -0.4 is 0 Å².